The van der Waals surface area contributed by atoms with Gasteiger partial charge >= 0.3 is 5.97 Å². The normalized spacial score (nSPS) is 23.4. The third-order valence-electron chi connectivity index (χ3n) is 9.40. The van der Waals surface area contributed by atoms with E-state index in [0.717, 1.165) is 30.6 Å². The van der Waals surface area contributed by atoms with Crippen LogP contribution in [0.4, 0.5) is 0 Å². The molecule has 0 unspecified atom stereocenters. The van der Waals surface area contributed by atoms with Crippen LogP contribution in [0.1, 0.15) is 155 Å². The van der Waals surface area contributed by atoms with E-state index in [-0.39, 0.29) is 5.97 Å². The van der Waals surface area contributed by atoms with E-state index in [1.165, 1.54) is 122 Å². The molecule has 0 radical (unpaired) electrons. The molecular formula is C35H66O5. The highest BCUT2D eigenvalue weighted by Gasteiger charge is 2.30. The van der Waals surface area contributed by atoms with Crippen molar-refractivity contribution < 1.29 is 23.7 Å². The fourth-order valence-corrected chi connectivity index (χ4v) is 6.90. The lowest BCUT2D eigenvalue weighted by atomic mass is 9.70. The van der Waals surface area contributed by atoms with Crippen molar-refractivity contribution in [3.8, 4) is 0 Å². The third kappa shape index (κ3) is 18.0. The van der Waals surface area contributed by atoms with Gasteiger partial charge in [-0.05, 0) is 62.7 Å². The lowest BCUT2D eigenvalue weighted by Gasteiger charge is -2.37. The number of hydrogen-bond acceptors (Lipinski definition) is 5. The van der Waals surface area contributed by atoms with Crippen molar-refractivity contribution in [3.05, 3.63) is 0 Å². The Balaban J connectivity index is 1.28. The highest BCUT2D eigenvalue weighted by molar-refractivity contribution is 5.69. The number of carbonyl (C=O) groups is 1. The van der Waals surface area contributed by atoms with Gasteiger partial charge in [0.1, 0.15) is 6.61 Å². The summed E-state index contributed by atoms with van der Waals surface area (Å²) in [5.41, 5.74) is 0. The van der Waals surface area contributed by atoms with Crippen LogP contribution >= 0.6 is 0 Å². The van der Waals surface area contributed by atoms with Gasteiger partial charge in [-0.1, -0.05) is 104 Å². The summed E-state index contributed by atoms with van der Waals surface area (Å²) in [7, 11) is 0. The summed E-state index contributed by atoms with van der Waals surface area (Å²) >= 11 is 0. The molecular weight excluding hydrogens is 500 g/mol. The second kappa shape index (κ2) is 24.9. The molecule has 2 aliphatic carbocycles. The molecule has 0 saturated heterocycles. The maximum atomic E-state index is 11.9. The average Bonchev–Trinajstić information content (AvgIpc) is 2.98. The molecule has 0 heterocycles. The zero-order chi connectivity index (χ0) is 28.5. The molecule has 0 spiro atoms. The number of ether oxygens (including phenoxy) is 4. The fraction of sp³-hybridized carbons (Fsp3) is 0.971. The Kier molecular flexibility index (Phi) is 22.1. The molecule has 2 saturated carbocycles. The Hall–Kier alpha value is -0.650. The first kappa shape index (κ1) is 35.5. The number of hydrogen-bond donors (Lipinski definition) is 0. The predicted octanol–water partition coefficient (Wildman–Crippen LogP) is 9.45. The van der Waals surface area contributed by atoms with E-state index in [2.05, 4.69) is 13.8 Å². The van der Waals surface area contributed by atoms with Crippen LogP contribution in [0.25, 0.3) is 0 Å². The molecule has 5 heteroatoms. The number of rotatable bonds is 25. The van der Waals surface area contributed by atoms with Gasteiger partial charge in [-0.3, -0.25) is 4.79 Å². The Bertz CT molecular complexity index is 566. The van der Waals surface area contributed by atoms with Gasteiger partial charge in [0.2, 0.25) is 0 Å². The fourth-order valence-electron chi connectivity index (χ4n) is 6.90. The summed E-state index contributed by atoms with van der Waals surface area (Å²) in [6.45, 7) is 7.75. The quantitative estimate of drug-likeness (QED) is 0.0813. The van der Waals surface area contributed by atoms with Crippen molar-refractivity contribution in [2.75, 3.05) is 39.6 Å². The lowest BCUT2D eigenvalue weighted by Crippen LogP contribution is -2.29. The second-order valence-corrected chi connectivity index (χ2v) is 12.7. The molecule has 0 atom stereocenters. The maximum absolute atomic E-state index is 11.9. The molecule has 236 valence electrons. The standard InChI is InChI=1S/C35H66O5/c1-3-5-6-7-8-9-10-11-12-13-14-16-35(36)40-30-28-38-26-25-37-27-29-39-34-23-21-33(22-24-34)32-19-17-31(15-4-2)18-20-32/h31-34H,3-30H2,1-2H3. The molecule has 0 N–H and O–H groups in total. The summed E-state index contributed by atoms with van der Waals surface area (Å²) in [6, 6.07) is 0. The van der Waals surface area contributed by atoms with Crippen LogP contribution in [0.5, 0.6) is 0 Å². The van der Waals surface area contributed by atoms with E-state index < -0.39 is 0 Å². The van der Waals surface area contributed by atoms with Gasteiger partial charge in [-0.15, -0.1) is 0 Å². The first-order valence-electron chi connectivity index (χ1n) is 17.7. The van der Waals surface area contributed by atoms with Crippen molar-refractivity contribution >= 4 is 5.97 Å². The van der Waals surface area contributed by atoms with Crippen LogP contribution in [0.15, 0.2) is 0 Å². The van der Waals surface area contributed by atoms with Crippen LogP contribution in [0.3, 0.4) is 0 Å². The SMILES string of the molecule is CCCCCCCCCCCCCC(=O)OCCOCCOCCOC1CCC(C2CCC(CCC)CC2)CC1. The summed E-state index contributed by atoms with van der Waals surface area (Å²) < 4.78 is 22.6. The molecule has 0 bridgehead atoms. The Morgan fingerprint density at radius 3 is 1.62 bits per heavy atom. The molecule has 2 rings (SSSR count). The second-order valence-electron chi connectivity index (χ2n) is 12.7. The Morgan fingerprint density at radius 2 is 1.05 bits per heavy atom. The predicted molar refractivity (Wildman–Crippen MR) is 166 cm³/mol. The Labute approximate surface area is 248 Å². The minimum absolute atomic E-state index is 0.0960. The molecule has 2 aliphatic rings. The number of carbonyl (C=O) groups excluding carboxylic acids is 1. The number of unbranched alkanes of at least 4 members (excludes halogenated alkanes) is 10. The van der Waals surface area contributed by atoms with Crippen LogP contribution in [0.2, 0.25) is 0 Å². The highest BCUT2D eigenvalue weighted by Crippen LogP contribution is 2.41. The van der Waals surface area contributed by atoms with Gasteiger partial charge in [0.05, 0.1) is 39.1 Å². The topological polar surface area (TPSA) is 54.0 Å². The van der Waals surface area contributed by atoms with Crippen LogP contribution in [-0.2, 0) is 23.7 Å². The van der Waals surface area contributed by atoms with Gasteiger partial charge in [0.15, 0.2) is 0 Å². The van der Waals surface area contributed by atoms with Crippen molar-refractivity contribution in [1.29, 1.82) is 0 Å². The summed E-state index contributed by atoms with van der Waals surface area (Å²) in [5, 5.41) is 0. The zero-order valence-corrected chi connectivity index (χ0v) is 26.6. The van der Waals surface area contributed by atoms with E-state index in [4.69, 9.17) is 18.9 Å². The maximum Gasteiger partial charge on any atom is 0.305 e. The van der Waals surface area contributed by atoms with Crippen molar-refractivity contribution in [3.63, 3.8) is 0 Å². The van der Waals surface area contributed by atoms with Crippen LogP contribution in [0, 0.1) is 17.8 Å². The monoisotopic (exact) mass is 566 g/mol. The van der Waals surface area contributed by atoms with Gasteiger partial charge < -0.3 is 18.9 Å². The molecule has 5 nitrogen and oxygen atoms in total. The van der Waals surface area contributed by atoms with E-state index in [1.807, 2.05) is 0 Å². The van der Waals surface area contributed by atoms with Crippen molar-refractivity contribution in [1.82, 2.24) is 0 Å². The van der Waals surface area contributed by atoms with Gasteiger partial charge in [-0.2, -0.15) is 0 Å². The van der Waals surface area contributed by atoms with Gasteiger partial charge in [0, 0.05) is 6.42 Å². The van der Waals surface area contributed by atoms with Crippen molar-refractivity contribution in [2.24, 2.45) is 17.8 Å². The number of esters is 1. The zero-order valence-electron chi connectivity index (χ0n) is 26.6. The minimum atomic E-state index is -0.0960. The van der Waals surface area contributed by atoms with E-state index >= 15 is 0 Å². The largest absolute Gasteiger partial charge is 0.463 e. The molecule has 40 heavy (non-hydrogen) atoms. The lowest BCUT2D eigenvalue weighted by molar-refractivity contribution is -0.145. The Morgan fingerprint density at radius 1 is 0.550 bits per heavy atom. The van der Waals surface area contributed by atoms with Gasteiger partial charge in [0.25, 0.3) is 0 Å². The summed E-state index contributed by atoms with van der Waals surface area (Å²) in [6.07, 6.45) is 29.0. The van der Waals surface area contributed by atoms with Gasteiger partial charge in [-0.25, -0.2) is 0 Å². The van der Waals surface area contributed by atoms with Crippen molar-refractivity contribution in [2.45, 2.75) is 161 Å². The average molecular weight is 567 g/mol. The summed E-state index contributed by atoms with van der Waals surface area (Å²) in [4.78, 5) is 11.9. The van der Waals surface area contributed by atoms with E-state index in [0.29, 0.717) is 52.2 Å². The minimum Gasteiger partial charge on any atom is -0.463 e. The van der Waals surface area contributed by atoms with E-state index in [1.54, 1.807) is 0 Å². The molecule has 2 fully saturated rings. The molecule has 0 aromatic carbocycles. The first-order chi connectivity index (χ1) is 19.7. The van der Waals surface area contributed by atoms with Crippen LogP contribution < -0.4 is 0 Å². The molecule has 0 aromatic heterocycles. The summed E-state index contributed by atoms with van der Waals surface area (Å²) in [5.74, 6) is 2.84. The third-order valence-corrected chi connectivity index (χ3v) is 9.40. The highest BCUT2D eigenvalue weighted by atomic mass is 16.6. The molecule has 0 aliphatic heterocycles. The van der Waals surface area contributed by atoms with E-state index in [9.17, 15) is 4.79 Å². The first-order valence-corrected chi connectivity index (χ1v) is 17.7. The van der Waals surface area contributed by atoms with Crippen LogP contribution in [-0.4, -0.2) is 51.7 Å². The molecule has 0 amide bonds. The smallest absolute Gasteiger partial charge is 0.305 e. The molecule has 0 aromatic rings.